The first-order chi connectivity index (χ1) is 11.9. The minimum Gasteiger partial charge on any atom is -0.337 e. The van der Waals surface area contributed by atoms with Crippen LogP contribution in [-0.4, -0.2) is 22.1 Å². The Bertz CT molecular complexity index is 939. The molecule has 3 rings (SSSR count). The van der Waals surface area contributed by atoms with Crippen LogP contribution in [0.4, 0.5) is 23.7 Å². The lowest BCUT2D eigenvalue weighted by atomic mass is 10.3. The first kappa shape index (κ1) is 16.8. The monoisotopic (exact) mass is 348 g/mol. The highest BCUT2D eigenvalue weighted by molar-refractivity contribution is 5.89. The smallest absolute Gasteiger partial charge is 0.319 e. The number of fused-ring (bicyclic) bond motifs is 1. The topological polar surface area (TPSA) is 59.0 Å². The molecule has 0 fully saturated rings. The second-order valence-corrected chi connectivity index (χ2v) is 5.48. The number of nitrogens with one attached hydrogen (secondary N) is 2. The van der Waals surface area contributed by atoms with Crippen molar-refractivity contribution >= 4 is 22.8 Å². The Hall–Kier alpha value is -3.03. The van der Waals surface area contributed by atoms with Crippen molar-refractivity contribution in [3.8, 4) is 0 Å². The van der Waals surface area contributed by atoms with Gasteiger partial charge in [-0.25, -0.2) is 22.9 Å². The van der Waals surface area contributed by atoms with E-state index >= 15 is 0 Å². The van der Waals surface area contributed by atoms with Crippen molar-refractivity contribution in [2.24, 2.45) is 7.05 Å². The quantitative estimate of drug-likeness (QED) is 0.760. The number of hydrogen-bond acceptors (Lipinski definition) is 2. The summed E-state index contributed by atoms with van der Waals surface area (Å²) in [6, 6.07) is 6.59. The van der Waals surface area contributed by atoms with E-state index in [1.807, 2.05) is 0 Å². The van der Waals surface area contributed by atoms with Crippen LogP contribution in [-0.2, 0) is 13.5 Å². The fraction of sp³-hybridized carbons (Fsp3) is 0.176. The number of amides is 2. The molecular formula is C17H15F3N4O. The Morgan fingerprint density at radius 1 is 1.12 bits per heavy atom. The van der Waals surface area contributed by atoms with Gasteiger partial charge in [0.25, 0.3) is 0 Å². The van der Waals surface area contributed by atoms with Crippen molar-refractivity contribution in [2.75, 3.05) is 11.9 Å². The van der Waals surface area contributed by atoms with Crippen molar-refractivity contribution in [1.82, 2.24) is 14.9 Å². The molecule has 0 saturated carbocycles. The van der Waals surface area contributed by atoms with Gasteiger partial charge in [-0.2, -0.15) is 0 Å². The molecule has 130 valence electrons. The molecule has 1 aromatic heterocycles. The predicted octanol–water partition coefficient (Wildman–Crippen LogP) is 3.35. The molecule has 3 aromatic rings. The van der Waals surface area contributed by atoms with Gasteiger partial charge in [0.1, 0.15) is 23.3 Å². The molecule has 0 aliphatic rings. The maximum absolute atomic E-state index is 13.5. The maximum atomic E-state index is 13.5. The summed E-state index contributed by atoms with van der Waals surface area (Å²) in [7, 11) is 1.76. The number of aryl methyl sites for hydroxylation is 1. The molecule has 0 saturated heterocycles. The highest BCUT2D eigenvalue weighted by Crippen LogP contribution is 2.17. The summed E-state index contributed by atoms with van der Waals surface area (Å²) in [6.45, 7) is 0.244. The fourth-order valence-electron chi connectivity index (χ4n) is 2.48. The summed E-state index contributed by atoms with van der Waals surface area (Å²) in [4.78, 5) is 16.2. The largest absolute Gasteiger partial charge is 0.337 e. The average molecular weight is 348 g/mol. The number of carbonyl (C=O) groups is 1. The molecule has 0 unspecified atom stereocenters. The standard InChI is InChI=1S/C17H15F3N4O/c1-24-15-9-11(19)3-5-14(15)22-16(24)6-7-21-17(25)23-13-4-2-10(18)8-12(13)20/h2-5,8-9H,6-7H2,1H3,(H2,21,23,25). The molecule has 0 spiro atoms. The van der Waals surface area contributed by atoms with E-state index in [2.05, 4.69) is 15.6 Å². The lowest BCUT2D eigenvalue weighted by Crippen LogP contribution is -2.31. The van der Waals surface area contributed by atoms with Crippen LogP contribution in [0.15, 0.2) is 36.4 Å². The van der Waals surface area contributed by atoms with Crippen LogP contribution < -0.4 is 10.6 Å². The van der Waals surface area contributed by atoms with Gasteiger partial charge in [0.15, 0.2) is 0 Å². The zero-order valence-electron chi connectivity index (χ0n) is 13.3. The zero-order chi connectivity index (χ0) is 18.0. The first-order valence-electron chi connectivity index (χ1n) is 7.55. The fourth-order valence-corrected chi connectivity index (χ4v) is 2.48. The molecule has 0 bridgehead atoms. The van der Waals surface area contributed by atoms with E-state index in [1.165, 1.54) is 12.1 Å². The van der Waals surface area contributed by atoms with Crippen molar-refractivity contribution in [2.45, 2.75) is 6.42 Å². The number of urea groups is 1. The zero-order valence-corrected chi connectivity index (χ0v) is 13.3. The van der Waals surface area contributed by atoms with Crippen molar-refractivity contribution in [3.05, 3.63) is 59.7 Å². The van der Waals surface area contributed by atoms with Gasteiger partial charge >= 0.3 is 6.03 Å². The molecule has 2 N–H and O–H groups in total. The van der Waals surface area contributed by atoms with E-state index in [0.29, 0.717) is 29.3 Å². The second-order valence-electron chi connectivity index (χ2n) is 5.48. The maximum Gasteiger partial charge on any atom is 0.319 e. The molecule has 1 heterocycles. The van der Waals surface area contributed by atoms with Gasteiger partial charge in [-0.05, 0) is 30.3 Å². The summed E-state index contributed by atoms with van der Waals surface area (Å²) in [6.07, 6.45) is 0.409. The molecular weight excluding hydrogens is 333 g/mol. The molecule has 0 radical (unpaired) electrons. The third-order valence-electron chi connectivity index (χ3n) is 3.75. The Labute approximate surface area is 141 Å². The van der Waals surface area contributed by atoms with E-state index in [9.17, 15) is 18.0 Å². The molecule has 8 heteroatoms. The number of carbonyl (C=O) groups excluding carboxylic acids is 1. The number of benzene rings is 2. The number of imidazole rings is 1. The molecule has 0 atom stereocenters. The number of nitrogens with zero attached hydrogens (tertiary/aromatic N) is 2. The third-order valence-corrected chi connectivity index (χ3v) is 3.75. The van der Waals surface area contributed by atoms with Gasteiger partial charge in [0.2, 0.25) is 0 Å². The average Bonchev–Trinajstić information content (AvgIpc) is 2.86. The summed E-state index contributed by atoms with van der Waals surface area (Å²) in [5, 5.41) is 4.87. The lowest BCUT2D eigenvalue weighted by Gasteiger charge is -2.08. The van der Waals surface area contributed by atoms with Gasteiger partial charge in [-0.15, -0.1) is 0 Å². The number of aromatic nitrogens is 2. The van der Waals surface area contributed by atoms with E-state index in [0.717, 1.165) is 12.1 Å². The van der Waals surface area contributed by atoms with Crippen LogP contribution in [0.1, 0.15) is 5.82 Å². The SMILES string of the molecule is Cn1c(CCNC(=O)Nc2ccc(F)cc2F)nc2ccc(F)cc21. The Morgan fingerprint density at radius 2 is 1.84 bits per heavy atom. The van der Waals surface area contributed by atoms with Gasteiger partial charge < -0.3 is 15.2 Å². The summed E-state index contributed by atoms with van der Waals surface area (Å²) >= 11 is 0. The molecule has 25 heavy (non-hydrogen) atoms. The van der Waals surface area contributed by atoms with Crippen molar-refractivity contribution < 1.29 is 18.0 Å². The third kappa shape index (κ3) is 3.73. The lowest BCUT2D eigenvalue weighted by molar-refractivity contribution is 0.252. The van der Waals surface area contributed by atoms with Crippen LogP contribution >= 0.6 is 0 Å². The van der Waals surface area contributed by atoms with Crippen LogP contribution in [0.2, 0.25) is 0 Å². The van der Waals surface area contributed by atoms with Crippen molar-refractivity contribution in [3.63, 3.8) is 0 Å². The van der Waals surface area contributed by atoms with Crippen molar-refractivity contribution in [1.29, 1.82) is 0 Å². The number of hydrogen-bond donors (Lipinski definition) is 2. The summed E-state index contributed by atoms with van der Waals surface area (Å²) < 4.78 is 41.3. The Morgan fingerprint density at radius 3 is 2.60 bits per heavy atom. The molecule has 2 amide bonds. The highest BCUT2D eigenvalue weighted by atomic mass is 19.1. The molecule has 0 aliphatic carbocycles. The number of halogens is 3. The van der Waals surface area contributed by atoms with Gasteiger partial charge in [0.05, 0.1) is 16.7 Å². The van der Waals surface area contributed by atoms with E-state index in [-0.39, 0.29) is 18.0 Å². The first-order valence-corrected chi connectivity index (χ1v) is 7.55. The Kier molecular flexibility index (Phi) is 4.60. The van der Waals surface area contributed by atoms with E-state index < -0.39 is 17.7 Å². The molecule has 2 aromatic carbocycles. The van der Waals surface area contributed by atoms with Gasteiger partial charge in [0, 0.05) is 26.1 Å². The Balaban J connectivity index is 1.59. The minimum absolute atomic E-state index is 0.114. The van der Waals surface area contributed by atoms with Crippen LogP contribution in [0, 0.1) is 17.5 Å². The number of anilines is 1. The van der Waals surface area contributed by atoms with E-state index in [4.69, 9.17) is 0 Å². The van der Waals surface area contributed by atoms with Crippen LogP contribution in [0.25, 0.3) is 11.0 Å². The minimum atomic E-state index is -0.854. The molecule has 0 aliphatic heterocycles. The van der Waals surface area contributed by atoms with Crippen LogP contribution in [0.3, 0.4) is 0 Å². The normalized spacial score (nSPS) is 10.9. The summed E-state index contributed by atoms with van der Waals surface area (Å²) in [5.74, 6) is -1.25. The second kappa shape index (κ2) is 6.84. The molecule has 5 nitrogen and oxygen atoms in total. The van der Waals surface area contributed by atoms with Gasteiger partial charge in [-0.1, -0.05) is 0 Å². The van der Waals surface area contributed by atoms with Crippen LogP contribution in [0.5, 0.6) is 0 Å². The summed E-state index contributed by atoms with van der Waals surface area (Å²) in [5.41, 5.74) is 1.21. The van der Waals surface area contributed by atoms with Gasteiger partial charge in [-0.3, -0.25) is 0 Å². The number of rotatable bonds is 4. The highest BCUT2D eigenvalue weighted by Gasteiger charge is 2.10. The predicted molar refractivity (Wildman–Crippen MR) is 87.8 cm³/mol. The van der Waals surface area contributed by atoms with E-state index in [1.54, 1.807) is 17.7 Å².